The molecule has 0 saturated carbocycles. The maximum Gasteiger partial charge on any atom is 0.126 e. The highest BCUT2D eigenvalue weighted by molar-refractivity contribution is 6.31. The van der Waals surface area contributed by atoms with Crippen molar-refractivity contribution in [2.24, 2.45) is 0 Å². The molecule has 0 saturated heterocycles. The number of nitrogens with zero attached hydrogens (tertiary/aromatic N) is 1. The van der Waals surface area contributed by atoms with E-state index in [0.717, 1.165) is 32.8 Å². The molecule has 3 heteroatoms. The van der Waals surface area contributed by atoms with Crippen molar-refractivity contribution in [1.82, 2.24) is 4.98 Å². The smallest absolute Gasteiger partial charge is 0.126 e. The van der Waals surface area contributed by atoms with Crippen LogP contribution in [0.15, 0.2) is 24.4 Å². The van der Waals surface area contributed by atoms with E-state index in [4.69, 9.17) is 17.3 Å². The van der Waals surface area contributed by atoms with Crippen LogP contribution in [0.2, 0.25) is 5.02 Å². The lowest BCUT2D eigenvalue weighted by Crippen LogP contribution is -1.95. The number of nitrogens with two attached hydrogens (primary N) is 1. The lowest BCUT2D eigenvalue weighted by Gasteiger charge is -2.10. The maximum atomic E-state index is 6.09. The average Bonchev–Trinajstić information content (AvgIpc) is 2.27. The Morgan fingerprint density at radius 1 is 1.00 bits per heavy atom. The quantitative estimate of drug-likeness (QED) is 0.829. The van der Waals surface area contributed by atoms with Crippen LogP contribution in [-0.4, -0.2) is 4.98 Å². The molecule has 0 radical (unpaired) electrons. The number of benzene rings is 1. The summed E-state index contributed by atoms with van der Waals surface area (Å²) in [5.41, 5.74) is 11.2. The van der Waals surface area contributed by atoms with Crippen LogP contribution in [0.3, 0.4) is 0 Å². The van der Waals surface area contributed by atoms with E-state index in [2.05, 4.69) is 17.1 Å². The summed E-state index contributed by atoms with van der Waals surface area (Å²) in [6.07, 6.45) is 1.80. The minimum absolute atomic E-state index is 0.581. The predicted molar refractivity (Wildman–Crippen MR) is 73.3 cm³/mol. The Morgan fingerprint density at radius 2 is 1.71 bits per heavy atom. The van der Waals surface area contributed by atoms with Crippen LogP contribution in [0.4, 0.5) is 5.82 Å². The third kappa shape index (κ3) is 2.27. The van der Waals surface area contributed by atoms with Gasteiger partial charge in [-0.05, 0) is 61.2 Å². The van der Waals surface area contributed by atoms with Crippen molar-refractivity contribution >= 4 is 17.4 Å². The molecule has 2 N–H and O–H groups in total. The number of aromatic nitrogens is 1. The maximum absolute atomic E-state index is 6.09. The van der Waals surface area contributed by atoms with Gasteiger partial charge in [0, 0.05) is 16.8 Å². The largest absolute Gasteiger partial charge is 0.383 e. The summed E-state index contributed by atoms with van der Waals surface area (Å²) in [5, 5.41) is 0.798. The van der Waals surface area contributed by atoms with E-state index in [1.807, 2.05) is 26.8 Å². The summed E-state index contributed by atoms with van der Waals surface area (Å²) in [7, 11) is 0. The molecule has 0 fully saturated rings. The van der Waals surface area contributed by atoms with E-state index < -0.39 is 0 Å². The zero-order valence-corrected chi connectivity index (χ0v) is 11.0. The molecular weight excluding hydrogens is 232 g/mol. The number of hydrogen-bond donors (Lipinski definition) is 1. The first kappa shape index (κ1) is 11.9. The summed E-state index contributed by atoms with van der Waals surface area (Å²) in [5.74, 6) is 0.581. The number of aryl methyl sites for hydroxylation is 3. The van der Waals surface area contributed by atoms with Gasteiger partial charge in [-0.15, -0.1) is 0 Å². The van der Waals surface area contributed by atoms with Crippen molar-refractivity contribution in [3.05, 3.63) is 46.1 Å². The molecule has 17 heavy (non-hydrogen) atoms. The van der Waals surface area contributed by atoms with Crippen LogP contribution in [0.1, 0.15) is 16.7 Å². The number of nitrogen functional groups attached to an aromatic ring is 1. The van der Waals surface area contributed by atoms with Gasteiger partial charge in [-0.3, -0.25) is 0 Å². The molecular formula is C14H15ClN2. The molecule has 2 aromatic rings. The number of rotatable bonds is 1. The topological polar surface area (TPSA) is 38.9 Å². The first-order chi connectivity index (χ1) is 7.99. The van der Waals surface area contributed by atoms with Crippen molar-refractivity contribution < 1.29 is 0 Å². The first-order valence-electron chi connectivity index (χ1n) is 5.48. The van der Waals surface area contributed by atoms with E-state index in [1.54, 1.807) is 6.20 Å². The number of anilines is 1. The van der Waals surface area contributed by atoms with Crippen molar-refractivity contribution in [1.29, 1.82) is 0 Å². The molecule has 0 atom stereocenters. The van der Waals surface area contributed by atoms with E-state index in [1.165, 1.54) is 0 Å². The Bertz CT molecular complexity index is 577. The van der Waals surface area contributed by atoms with Gasteiger partial charge < -0.3 is 5.73 Å². The van der Waals surface area contributed by atoms with Crippen LogP contribution in [0.5, 0.6) is 0 Å². The lowest BCUT2D eigenvalue weighted by molar-refractivity contribution is 1.27. The van der Waals surface area contributed by atoms with Gasteiger partial charge in [0.1, 0.15) is 5.82 Å². The van der Waals surface area contributed by atoms with Gasteiger partial charge in [-0.25, -0.2) is 4.98 Å². The second-order valence-electron chi connectivity index (χ2n) is 4.34. The Labute approximate surface area is 106 Å². The number of hydrogen-bond acceptors (Lipinski definition) is 2. The molecule has 0 aliphatic heterocycles. The molecule has 1 heterocycles. The van der Waals surface area contributed by atoms with E-state index in [-0.39, 0.29) is 0 Å². The van der Waals surface area contributed by atoms with Crippen LogP contribution in [0, 0.1) is 20.8 Å². The number of pyridine rings is 1. The molecule has 0 spiro atoms. The fourth-order valence-electron chi connectivity index (χ4n) is 1.82. The minimum atomic E-state index is 0.581. The molecule has 2 nitrogen and oxygen atoms in total. The third-order valence-corrected chi connectivity index (χ3v) is 3.34. The molecule has 0 amide bonds. The van der Waals surface area contributed by atoms with Gasteiger partial charge >= 0.3 is 0 Å². The summed E-state index contributed by atoms with van der Waals surface area (Å²) in [6.45, 7) is 6.01. The lowest BCUT2D eigenvalue weighted by atomic mass is 9.99. The SMILES string of the molecule is Cc1cc(-c2cnc(N)c(C)c2)c(C)cc1Cl. The molecule has 0 aliphatic carbocycles. The molecule has 1 aromatic heterocycles. The minimum Gasteiger partial charge on any atom is -0.383 e. The van der Waals surface area contributed by atoms with Crippen molar-refractivity contribution in [2.75, 3.05) is 5.73 Å². The monoisotopic (exact) mass is 246 g/mol. The highest BCUT2D eigenvalue weighted by atomic mass is 35.5. The normalized spacial score (nSPS) is 10.6. The standard InChI is InChI=1S/C14H15ClN2/c1-8-6-13(15)9(2)5-12(8)11-4-10(3)14(16)17-7-11/h4-7H,1-3H3,(H2,16,17). The van der Waals surface area contributed by atoms with Gasteiger partial charge in [-0.2, -0.15) is 0 Å². The Balaban J connectivity index is 2.60. The Kier molecular flexibility index (Phi) is 3.07. The van der Waals surface area contributed by atoms with Crippen molar-refractivity contribution in [3.8, 4) is 11.1 Å². The van der Waals surface area contributed by atoms with Crippen LogP contribution < -0.4 is 5.73 Å². The van der Waals surface area contributed by atoms with Gasteiger partial charge in [0.15, 0.2) is 0 Å². The fourth-order valence-corrected chi connectivity index (χ4v) is 2.04. The van der Waals surface area contributed by atoms with Gasteiger partial charge in [-0.1, -0.05) is 11.6 Å². The summed E-state index contributed by atoms with van der Waals surface area (Å²) < 4.78 is 0. The molecule has 0 aliphatic rings. The molecule has 1 aromatic carbocycles. The second-order valence-corrected chi connectivity index (χ2v) is 4.75. The highest BCUT2D eigenvalue weighted by Crippen LogP contribution is 2.29. The van der Waals surface area contributed by atoms with Crippen LogP contribution in [0.25, 0.3) is 11.1 Å². The fraction of sp³-hybridized carbons (Fsp3) is 0.214. The Morgan fingerprint density at radius 3 is 2.35 bits per heavy atom. The zero-order chi connectivity index (χ0) is 12.6. The number of halogens is 1. The van der Waals surface area contributed by atoms with Gasteiger partial charge in [0.05, 0.1) is 0 Å². The van der Waals surface area contributed by atoms with Gasteiger partial charge in [0.25, 0.3) is 0 Å². The first-order valence-corrected chi connectivity index (χ1v) is 5.86. The summed E-state index contributed by atoms with van der Waals surface area (Å²) in [6, 6.07) is 6.13. The predicted octanol–water partition coefficient (Wildman–Crippen LogP) is 3.91. The van der Waals surface area contributed by atoms with Crippen LogP contribution >= 0.6 is 11.6 Å². The molecule has 2 rings (SSSR count). The molecule has 0 unspecified atom stereocenters. The van der Waals surface area contributed by atoms with E-state index in [0.29, 0.717) is 5.82 Å². The van der Waals surface area contributed by atoms with Gasteiger partial charge in [0.2, 0.25) is 0 Å². The average molecular weight is 247 g/mol. The third-order valence-electron chi connectivity index (χ3n) is 2.94. The highest BCUT2D eigenvalue weighted by Gasteiger charge is 2.07. The summed E-state index contributed by atoms with van der Waals surface area (Å²) >= 11 is 6.09. The zero-order valence-electron chi connectivity index (χ0n) is 10.2. The summed E-state index contributed by atoms with van der Waals surface area (Å²) in [4.78, 5) is 4.19. The Hall–Kier alpha value is -1.54. The van der Waals surface area contributed by atoms with E-state index in [9.17, 15) is 0 Å². The molecule has 0 bridgehead atoms. The second kappa shape index (κ2) is 4.38. The molecule has 88 valence electrons. The van der Waals surface area contributed by atoms with E-state index >= 15 is 0 Å². The van der Waals surface area contributed by atoms with Crippen molar-refractivity contribution in [2.45, 2.75) is 20.8 Å². The van der Waals surface area contributed by atoms with Crippen molar-refractivity contribution in [3.63, 3.8) is 0 Å². The van der Waals surface area contributed by atoms with Crippen LogP contribution in [-0.2, 0) is 0 Å².